The Morgan fingerprint density at radius 2 is 2.16 bits per heavy atom. The molecular weight excluding hydrogens is 332 g/mol. The van der Waals surface area contributed by atoms with Crippen molar-refractivity contribution in [1.82, 2.24) is 4.90 Å². The van der Waals surface area contributed by atoms with E-state index in [-0.39, 0.29) is 5.91 Å². The molecule has 0 fully saturated rings. The third-order valence-electron chi connectivity index (χ3n) is 5.45. The molecule has 0 unspecified atom stereocenters. The highest BCUT2D eigenvalue weighted by Crippen LogP contribution is 2.34. The van der Waals surface area contributed by atoms with E-state index in [2.05, 4.69) is 29.3 Å². The second-order valence-electron chi connectivity index (χ2n) is 6.84. The van der Waals surface area contributed by atoms with Gasteiger partial charge in [-0.15, -0.1) is 11.3 Å². The van der Waals surface area contributed by atoms with Crippen LogP contribution in [0.25, 0.3) is 0 Å². The molecule has 1 amide bonds. The fraction of sp³-hybridized carbons (Fsp3) is 0.450. The highest BCUT2D eigenvalue weighted by molar-refractivity contribution is 7.10. The average Bonchev–Trinajstić information content (AvgIpc) is 3.12. The molecule has 0 bridgehead atoms. The van der Waals surface area contributed by atoms with Crippen LogP contribution < -0.4 is 9.64 Å². The smallest absolute Gasteiger partial charge is 0.241 e. The first-order chi connectivity index (χ1) is 12.2. The van der Waals surface area contributed by atoms with Gasteiger partial charge in [-0.25, -0.2) is 0 Å². The van der Waals surface area contributed by atoms with E-state index in [0.29, 0.717) is 12.6 Å². The molecule has 2 aliphatic heterocycles. The maximum absolute atomic E-state index is 13.0. The van der Waals surface area contributed by atoms with Crippen molar-refractivity contribution in [2.24, 2.45) is 0 Å². The summed E-state index contributed by atoms with van der Waals surface area (Å²) in [6.07, 6.45) is 3.07. The maximum atomic E-state index is 13.0. The van der Waals surface area contributed by atoms with Gasteiger partial charge in [-0.3, -0.25) is 9.69 Å². The summed E-state index contributed by atoms with van der Waals surface area (Å²) in [7, 11) is 1.68. The van der Waals surface area contributed by atoms with Gasteiger partial charge in [0.05, 0.1) is 13.7 Å². The summed E-state index contributed by atoms with van der Waals surface area (Å²) in [5.74, 6) is 1.07. The number of carbonyl (C=O) groups excluding carboxylic acids is 1. The highest BCUT2D eigenvalue weighted by Gasteiger charge is 2.29. The molecule has 4 nitrogen and oxygen atoms in total. The lowest BCUT2D eigenvalue weighted by Gasteiger charge is -2.36. The minimum atomic E-state index is 0.205. The summed E-state index contributed by atoms with van der Waals surface area (Å²) in [4.78, 5) is 18.8. The topological polar surface area (TPSA) is 32.8 Å². The molecule has 0 aliphatic carbocycles. The van der Waals surface area contributed by atoms with Crippen LogP contribution >= 0.6 is 11.3 Å². The number of thiophene rings is 1. The molecular formula is C20H24N2O2S. The van der Waals surface area contributed by atoms with E-state index >= 15 is 0 Å². The van der Waals surface area contributed by atoms with Crippen LogP contribution in [-0.2, 0) is 17.6 Å². The predicted molar refractivity (Wildman–Crippen MR) is 102 cm³/mol. The van der Waals surface area contributed by atoms with Gasteiger partial charge in [0.25, 0.3) is 0 Å². The highest BCUT2D eigenvalue weighted by atomic mass is 32.1. The second kappa shape index (κ2) is 6.81. The number of ether oxygens (including phenoxy) is 1. The van der Waals surface area contributed by atoms with Crippen LogP contribution in [0, 0.1) is 0 Å². The molecule has 132 valence electrons. The average molecular weight is 356 g/mol. The lowest BCUT2D eigenvalue weighted by atomic mass is 10.00. The number of rotatable bonds is 3. The lowest BCUT2D eigenvalue weighted by Crippen LogP contribution is -2.45. The molecule has 5 heteroatoms. The van der Waals surface area contributed by atoms with E-state index in [9.17, 15) is 4.79 Å². The van der Waals surface area contributed by atoms with Crippen molar-refractivity contribution in [3.05, 3.63) is 45.6 Å². The Bertz CT molecular complexity index is 786. The van der Waals surface area contributed by atoms with Crippen LogP contribution in [-0.4, -0.2) is 37.6 Å². The predicted octanol–water partition coefficient (Wildman–Crippen LogP) is 3.66. The molecule has 1 atom stereocenters. The summed E-state index contributed by atoms with van der Waals surface area (Å²) in [5.41, 5.74) is 3.66. The summed E-state index contributed by atoms with van der Waals surface area (Å²) in [6, 6.07) is 8.58. The van der Waals surface area contributed by atoms with Crippen LogP contribution in [0.2, 0.25) is 0 Å². The number of hydrogen-bond donors (Lipinski definition) is 0. The van der Waals surface area contributed by atoms with E-state index in [4.69, 9.17) is 4.74 Å². The van der Waals surface area contributed by atoms with Gasteiger partial charge in [-0.1, -0.05) is 0 Å². The van der Waals surface area contributed by atoms with Crippen LogP contribution in [0.3, 0.4) is 0 Å². The largest absolute Gasteiger partial charge is 0.497 e. The number of fused-ring (bicyclic) bond motifs is 2. The van der Waals surface area contributed by atoms with Crippen LogP contribution in [0.1, 0.15) is 35.4 Å². The first kappa shape index (κ1) is 16.6. The fourth-order valence-electron chi connectivity index (χ4n) is 4.00. The molecule has 1 aromatic heterocycles. The molecule has 1 aromatic carbocycles. The van der Waals surface area contributed by atoms with Gasteiger partial charge in [0.2, 0.25) is 5.91 Å². The van der Waals surface area contributed by atoms with E-state index in [1.165, 1.54) is 16.0 Å². The quantitative estimate of drug-likeness (QED) is 0.841. The Morgan fingerprint density at radius 3 is 3.00 bits per heavy atom. The van der Waals surface area contributed by atoms with Crippen LogP contribution in [0.4, 0.5) is 5.69 Å². The van der Waals surface area contributed by atoms with Crippen LogP contribution in [0.15, 0.2) is 29.6 Å². The van der Waals surface area contributed by atoms with Crippen molar-refractivity contribution in [3.8, 4) is 5.75 Å². The monoisotopic (exact) mass is 356 g/mol. The Morgan fingerprint density at radius 1 is 1.28 bits per heavy atom. The van der Waals surface area contributed by atoms with Gasteiger partial charge in [-0.2, -0.15) is 0 Å². The number of anilines is 1. The SMILES string of the molecule is COc1ccc2c(c1)CCCN2C(=O)CN1CCc2sccc2[C@@H]1C. The van der Waals surface area contributed by atoms with E-state index in [1.54, 1.807) is 7.11 Å². The summed E-state index contributed by atoms with van der Waals surface area (Å²) < 4.78 is 5.33. The van der Waals surface area contributed by atoms with Gasteiger partial charge >= 0.3 is 0 Å². The number of amides is 1. The van der Waals surface area contributed by atoms with Crippen molar-refractivity contribution < 1.29 is 9.53 Å². The Balaban J connectivity index is 1.51. The summed E-state index contributed by atoms with van der Waals surface area (Å²) >= 11 is 1.84. The van der Waals surface area contributed by atoms with Gasteiger partial charge in [0.1, 0.15) is 5.75 Å². The maximum Gasteiger partial charge on any atom is 0.241 e. The fourth-order valence-corrected chi connectivity index (χ4v) is 4.96. The number of hydrogen-bond acceptors (Lipinski definition) is 4. The van der Waals surface area contributed by atoms with Crippen molar-refractivity contribution in [2.75, 3.05) is 31.6 Å². The van der Waals surface area contributed by atoms with E-state index < -0.39 is 0 Å². The second-order valence-corrected chi connectivity index (χ2v) is 7.84. The van der Waals surface area contributed by atoms with Gasteiger partial charge in [0, 0.05) is 29.7 Å². The van der Waals surface area contributed by atoms with Gasteiger partial charge in [-0.05, 0) is 67.0 Å². The number of benzene rings is 1. The standard InChI is InChI=1S/C20H24N2O2S/c1-14-17-8-11-25-19(17)7-10-21(14)13-20(23)22-9-3-4-15-12-16(24-2)5-6-18(15)22/h5-6,8,11-12,14H,3-4,7,9-10,13H2,1-2H3/t14-/m0/s1. The first-order valence-electron chi connectivity index (χ1n) is 8.95. The molecule has 25 heavy (non-hydrogen) atoms. The molecule has 0 saturated carbocycles. The zero-order chi connectivity index (χ0) is 17.4. The summed E-state index contributed by atoms with van der Waals surface area (Å²) in [5, 5.41) is 2.17. The van der Waals surface area contributed by atoms with Gasteiger partial charge < -0.3 is 9.64 Å². The molecule has 4 rings (SSSR count). The number of methoxy groups -OCH3 is 1. The molecule has 0 saturated heterocycles. The Hall–Kier alpha value is -1.85. The minimum absolute atomic E-state index is 0.205. The van der Waals surface area contributed by atoms with Gasteiger partial charge in [0.15, 0.2) is 0 Å². The third-order valence-corrected chi connectivity index (χ3v) is 6.44. The lowest BCUT2D eigenvalue weighted by molar-refractivity contribution is -0.120. The first-order valence-corrected chi connectivity index (χ1v) is 9.83. The minimum Gasteiger partial charge on any atom is -0.497 e. The molecule has 2 aliphatic rings. The van der Waals surface area contributed by atoms with Crippen molar-refractivity contribution in [3.63, 3.8) is 0 Å². The molecule has 2 aromatic rings. The van der Waals surface area contributed by atoms with E-state index in [1.807, 2.05) is 28.4 Å². The molecule has 0 radical (unpaired) electrons. The molecule has 0 N–H and O–H groups in total. The number of nitrogens with zero attached hydrogens (tertiary/aromatic N) is 2. The zero-order valence-corrected chi connectivity index (χ0v) is 15.6. The van der Waals surface area contributed by atoms with E-state index in [0.717, 1.165) is 43.8 Å². The number of carbonyl (C=O) groups is 1. The third kappa shape index (κ3) is 3.07. The van der Waals surface area contributed by atoms with Crippen molar-refractivity contribution >= 4 is 22.9 Å². The number of aryl methyl sites for hydroxylation is 1. The molecule has 0 spiro atoms. The van der Waals surface area contributed by atoms with Crippen molar-refractivity contribution in [2.45, 2.75) is 32.2 Å². The van der Waals surface area contributed by atoms with Crippen molar-refractivity contribution in [1.29, 1.82) is 0 Å². The van der Waals surface area contributed by atoms with Crippen LogP contribution in [0.5, 0.6) is 5.75 Å². The molecule has 3 heterocycles. The Kier molecular flexibility index (Phi) is 4.52. The normalized spacial score (nSPS) is 20.1. The zero-order valence-electron chi connectivity index (χ0n) is 14.8. The Labute approximate surface area is 153 Å². The summed E-state index contributed by atoms with van der Waals surface area (Å²) in [6.45, 7) is 4.47.